The number of carbonyl (C=O) groups is 1. The van der Waals surface area contributed by atoms with Gasteiger partial charge in [0.1, 0.15) is 16.9 Å². The molecular weight excluding hydrogens is 436 g/mol. The Labute approximate surface area is 203 Å². The van der Waals surface area contributed by atoms with Crippen LogP contribution in [-0.2, 0) is 6.42 Å². The number of aryl methyl sites for hydroxylation is 1. The van der Waals surface area contributed by atoms with E-state index in [0.717, 1.165) is 18.4 Å². The van der Waals surface area contributed by atoms with E-state index in [2.05, 4.69) is 22.6 Å². The van der Waals surface area contributed by atoms with Crippen LogP contribution in [0.15, 0.2) is 90.0 Å². The van der Waals surface area contributed by atoms with E-state index in [-0.39, 0.29) is 23.3 Å². The molecule has 0 aliphatic heterocycles. The molecule has 2 heterocycles. The molecule has 1 amide bonds. The van der Waals surface area contributed by atoms with Crippen LogP contribution in [0.5, 0.6) is 0 Å². The second kappa shape index (κ2) is 9.77. The number of nitrogens with zero attached hydrogens (tertiary/aromatic N) is 4. The molecule has 3 aromatic carbocycles. The molecule has 1 atom stereocenters. The number of rotatable bonds is 7. The number of benzene rings is 3. The van der Waals surface area contributed by atoms with E-state index in [9.17, 15) is 4.79 Å². The molecule has 7 nitrogen and oxygen atoms in total. The van der Waals surface area contributed by atoms with Crippen LogP contribution in [0.25, 0.3) is 22.2 Å². The van der Waals surface area contributed by atoms with Crippen LogP contribution in [0.2, 0.25) is 0 Å². The van der Waals surface area contributed by atoms with E-state index in [1.165, 1.54) is 10.2 Å². The lowest BCUT2D eigenvalue weighted by molar-refractivity contribution is 0.0940. The van der Waals surface area contributed by atoms with Crippen LogP contribution in [-0.4, -0.2) is 32.8 Å². The van der Waals surface area contributed by atoms with Gasteiger partial charge in [0.2, 0.25) is 0 Å². The predicted molar refractivity (Wildman–Crippen MR) is 141 cm³/mol. The van der Waals surface area contributed by atoms with Crippen LogP contribution in [0, 0.1) is 0 Å². The van der Waals surface area contributed by atoms with Gasteiger partial charge in [0.15, 0.2) is 5.65 Å². The number of fused-ring (bicyclic) bond motifs is 2. The topological polar surface area (TPSA) is 98.2 Å². The van der Waals surface area contributed by atoms with E-state index < -0.39 is 0 Å². The van der Waals surface area contributed by atoms with Crippen molar-refractivity contribution in [3.8, 4) is 0 Å². The molecule has 174 valence electrons. The molecule has 35 heavy (non-hydrogen) atoms. The molecule has 0 radical (unpaired) electrons. The molecule has 0 bridgehead atoms. The first-order valence-corrected chi connectivity index (χ1v) is 11.6. The molecule has 0 spiro atoms. The third-order valence-electron chi connectivity index (χ3n) is 5.91. The first-order chi connectivity index (χ1) is 17.1. The summed E-state index contributed by atoms with van der Waals surface area (Å²) in [5, 5.41) is 7.64. The maximum absolute atomic E-state index is 13.4. The third-order valence-corrected chi connectivity index (χ3v) is 5.91. The van der Waals surface area contributed by atoms with Gasteiger partial charge in [-0.3, -0.25) is 4.79 Å². The summed E-state index contributed by atoms with van der Waals surface area (Å²) in [5.41, 5.74) is 11.2. The molecule has 0 fully saturated rings. The van der Waals surface area contributed by atoms with E-state index in [4.69, 9.17) is 15.7 Å². The van der Waals surface area contributed by atoms with Gasteiger partial charge in [0.25, 0.3) is 5.91 Å². The summed E-state index contributed by atoms with van der Waals surface area (Å²) < 4.78 is 1.49. The van der Waals surface area contributed by atoms with Gasteiger partial charge in [-0.1, -0.05) is 72.8 Å². The lowest BCUT2D eigenvalue weighted by atomic mass is 10.1. The van der Waals surface area contributed by atoms with E-state index in [1.807, 2.05) is 79.7 Å². The van der Waals surface area contributed by atoms with Crippen molar-refractivity contribution in [2.75, 3.05) is 5.73 Å². The molecule has 2 aromatic heterocycles. The van der Waals surface area contributed by atoms with Crippen molar-refractivity contribution in [2.45, 2.75) is 25.8 Å². The molecule has 5 rings (SSSR count). The van der Waals surface area contributed by atoms with Gasteiger partial charge < -0.3 is 11.1 Å². The average Bonchev–Trinajstić information content (AvgIpc) is 3.16. The Kier molecular flexibility index (Phi) is 6.22. The van der Waals surface area contributed by atoms with Gasteiger partial charge in [0.05, 0.1) is 17.2 Å². The highest BCUT2D eigenvalue weighted by atomic mass is 16.1. The Morgan fingerprint density at radius 2 is 1.60 bits per heavy atom. The number of nitrogen functional groups attached to an aromatic ring is 1. The number of hydrogen-bond donors (Lipinski definition) is 2. The Morgan fingerprint density at radius 3 is 2.31 bits per heavy atom. The van der Waals surface area contributed by atoms with Crippen molar-refractivity contribution >= 4 is 40.1 Å². The Morgan fingerprint density at radius 1 is 0.971 bits per heavy atom. The van der Waals surface area contributed by atoms with Crippen LogP contribution in [0.4, 0.5) is 5.82 Å². The van der Waals surface area contributed by atoms with Gasteiger partial charge in [0, 0.05) is 6.04 Å². The van der Waals surface area contributed by atoms with E-state index in [1.54, 1.807) is 6.21 Å². The van der Waals surface area contributed by atoms with Crippen molar-refractivity contribution in [3.63, 3.8) is 0 Å². The number of nitrogens with two attached hydrogens (primary N) is 1. The maximum Gasteiger partial charge on any atom is 0.257 e. The predicted octanol–water partition coefficient (Wildman–Crippen LogP) is 4.80. The summed E-state index contributed by atoms with van der Waals surface area (Å²) in [6.07, 6.45) is 3.36. The van der Waals surface area contributed by atoms with Gasteiger partial charge >= 0.3 is 0 Å². The standard InChI is InChI=1S/C28H26N6O/c1-19(16-17-20-10-4-2-5-11-20)31-28(35)24-25-27(33-23-15-9-8-14-22(23)32-25)34(26(24)29)30-18-21-12-6-3-7-13-21/h2-15,18-19H,16-17,29H2,1H3,(H,31,35)/b30-18-/t19-/m0/s1. The van der Waals surface area contributed by atoms with E-state index in [0.29, 0.717) is 22.2 Å². The summed E-state index contributed by atoms with van der Waals surface area (Å²) in [6, 6.07) is 27.4. The molecular formula is C28H26N6O. The van der Waals surface area contributed by atoms with Crippen LogP contribution in [0.1, 0.15) is 34.8 Å². The lowest BCUT2D eigenvalue weighted by Crippen LogP contribution is -2.33. The fourth-order valence-corrected chi connectivity index (χ4v) is 4.05. The van der Waals surface area contributed by atoms with Gasteiger partial charge in [-0.05, 0) is 43.0 Å². The van der Waals surface area contributed by atoms with Gasteiger partial charge in [-0.15, -0.1) is 0 Å². The number of amides is 1. The van der Waals surface area contributed by atoms with Gasteiger partial charge in [-0.2, -0.15) is 9.78 Å². The fourth-order valence-electron chi connectivity index (χ4n) is 4.05. The number of carbonyl (C=O) groups excluding carboxylic acids is 1. The Balaban J connectivity index is 1.50. The maximum atomic E-state index is 13.4. The first-order valence-electron chi connectivity index (χ1n) is 11.6. The average molecular weight is 463 g/mol. The van der Waals surface area contributed by atoms with E-state index >= 15 is 0 Å². The fraction of sp³-hybridized carbons (Fsp3) is 0.143. The van der Waals surface area contributed by atoms with Crippen molar-refractivity contribution < 1.29 is 4.79 Å². The lowest BCUT2D eigenvalue weighted by Gasteiger charge is -2.14. The van der Waals surface area contributed by atoms with Crippen LogP contribution in [0.3, 0.4) is 0 Å². The largest absolute Gasteiger partial charge is 0.383 e. The minimum absolute atomic E-state index is 0.0539. The van der Waals surface area contributed by atoms with Crippen LogP contribution < -0.4 is 11.1 Å². The minimum Gasteiger partial charge on any atom is -0.383 e. The number of anilines is 1. The zero-order chi connectivity index (χ0) is 24.2. The summed E-state index contributed by atoms with van der Waals surface area (Å²) in [5.74, 6) is -0.0819. The second-order valence-electron chi connectivity index (χ2n) is 8.51. The summed E-state index contributed by atoms with van der Waals surface area (Å²) in [4.78, 5) is 22.9. The number of hydrogen-bond acceptors (Lipinski definition) is 5. The molecule has 0 aliphatic carbocycles. The smallest absolute Gasteiger partial charge is 0.257 e. The van der Waals surface area contributed by atoms with Crippen molar-refractivity contribution in [2.24, 2.45) is 5.10 Å². The quantitative estimate of drug-likeness (QED) is 0.340. The highest BCUT2D eigenvalue weighted by Gasteiger charge is 2.25. The molecule has 3 N–H and O–H groups in total. The number of aromatic nitrogens is 3. The molecule has 0 saturated heterocycles. The SMILES string of the molecule is C[C@@H](CCc1ccccc1)NC(=O)c1c(N)n(/N=C\c2ccccc2)c2nc3ccccc3nc12. The zero-order valence-corrected chi connectivity index (χ0v) is 19.4. The van der Waals surface area contributed by atoms with Crippen molar-refractivity contribution in [3.05, 3.63) is 102 Å². The first kappa shape index (κ1) is 22.3. The Bertz CT molecular complexity index is 1510. The Hall–Kier alpha value is -4.52. The summed E-state index contributed by atoms with van der Waals surface area (Å²) in [7, 11) is 0. The van der Waals surface area contributed by atoms with Gasteiger partial charge in [-0.25, -0.2) is 9.97 Å². The summed E-state index contributed by atoms with van der Waals surface area (Å²) >= 11 is 0. The second-order valence-corrected chi connectivity index (χ2v) is 8.51. The zero-order valence-electron chi connectivity index (χ0n) is 19.4. The van der Waals surface area contributed by atoms with Crippen molar-refractivity contribution in [1.82, 2.24) is 20.0 Å². The molecule has 0 aliphatic rings. The highest BCUT2D eigenvalue weighted by molar-refractivity contribution is 6.10. The van der Waals surface area contributed by atoms with Crippen LogP contribution >= 0.6 is 0 Å². The normalized spacial score (nSPS) is 12.4. The van der Waals surface area contributed by atoms with Crippen molar-refractivity contribution in [1.29, 1.82) is 0 Å². The third kappa shape index (κ3) is 4.75. The molecule has 0 unspecified atom stereocenters. The molecule has 0 saturated carbocycles. The number of para-hydroxylation sites is 2. The highest BCUT2D eigenvalue weighted by Crippen LogP contribution is 2.28. The molecule has 7 heteroatoms. The monoisotopic (exact) mass is 462 g/mol. The molecule has 5 aromatic rings. The number of nitrogens with one attached hydrogen (secondary N) is 1. The minimum atomic E-state index is -0.286. The summed E-state index contributed by atoms with van der Waals surface area (Å²) in [6.45, 7) is 1.99.